The zero-order valence-electron chi connectivity index (χ0n) is 11.1. The van der Waals surface area contributed by atoms with Crippen LogP contribution in [0.5, 0.6) is 0 Å². The average Bonchev–Trinajstić information content (AvgIpc) is 2.74. The number of aromatic carboxylic acids is 1. The molecule has 1 aliphatic rings. The normalized spacial score (nSPS) is 17.7. The lowest BCUT2D eigenvalue weighted by atomic mass is 9.89. The maximum atomic E-state index is 11.2. The van der Waals surface area contributed by atoms with E-state index < -0.39 is 5.97 Å². The van der Waals surface area contributed by atoms with Crippen LogP contribution < -0.4 is 5.32 Å². The van der Waals surface area contributed by atoms with Gasteiger partial charge in [-0.25, -0.2) is 4.79 Å². The summed E-state index contributed by atoms with van der Waals surface area (Å²) >= 11 is 0. The fourth-order valence-corrected chi connectivity index (χ4v) is 2.70. The molecule has 1 fully saturated rings. The molecule has 0 spiro atoms. The van der Waals surface area contributed by atoms with Crippen molar-refractivity contribution in [1.82, 2.24) is 0 Å². The first kappa shape index (κ1) is 12.9. The summed E-state index contributed by atoms with van der Waals surface area (Å²) in [4.78, 5) is 11.2. The van der Waals surface area contributed by atoms with Gasteiger partial charge in [0, 0.05) is 12.2 Å². The van der Waals surface area contributed by atoms with Crippen LogP contribution in [0.4, 0.5) is 5.69 Å². The van der Waals surface area contributed by atoms with E-state index in [1.165, 1.54) is 25.7 Å². The molecule has 0 aromatic heterocycles. The molecule has 1 aromatic rings. The fourth-order valence-electron chi connectivity index (χ4n) is 2.70. The fraction of sp³-hybridized carbons (Fsp3) is 0.533. The largest absolute Gasteiger partial charge is 0.478 e. The molecular weight excluding hydrogens is 226 g/mol. The van der Waals surface area contributed by atoms with Crippen LogP contribution in [0.3, 0.4) is 0 Å². The molecule has 0 atom stereocenters. The molecule has 3 heteroatoms. The van der Waals surface area contributed by atoms with Crippen molar-refractivity contribution in [2.45, 2.75) is 39.5 Å². The number of carbonyl (C=O) groups is 1. The Morgan fingerprint density at radius 3 is 2.67 bits per heavy atom. The van der Waals surface area contributed by atoms with E-state index in [1.807, 2.05) is 19.1 Å². The molecule has 0 amide bonds. The van der Waals surface area contributed by atoms with Gasteiger partial charge in [0.05, 0.1) is 5.56 Å². The highest BCUT2D eigenvalue weighted by molar-refractivity contribution is 5.94. The first-order valence-electron chi connectivity index (χ1n) is 6.58. The summed E-state index contributed by atoms with van der Waals surface area (Å²) < 4.78 is 0. The van der Waals surface area contributed by atoms with Gasteiger partial charge in [0.25, 0.3) is 0 Å². The van der Waals surface area contributed by atoms with Gasteiger partial charge in [-0.15, -0.1) is 0 Å². The maximum absolute atomic E-state index is 11.2. The highest BCUT2D eigenvalue weighted by atomic mass is 16.4. The smallest absolute Gasteiger partial charge is 0.337 e. The zero-order valence-corrected chi connectivity index (χ0v) is 11.1. The number of carboxylic acid groups (broad SMARTS) is 1. The topological polar surface area (TPSA) is 49.3 Å². The second-order valence-electron chi connectivity index (χ2n) is 5.73. The molecule has 0 radical (unpaired) electrons. The third-order valence-electron chi connectivity index (χ3n) is 3.92. The van der Waals surface area contributed by atoms with Gasteiger partial charge in [0.2, 0.25) is 0 Å². The van der Waals surface area contributed by atoms with Gasteiger partial charge in [0.15, 0.2) is 0 Å². The van der Waals surface area contributed by atoms with Crippen molar-refractivity contribution in [2.75, 3.05) is 11.9 Å². The molecular formula is C15H21NO2. The minimum absolute atomic E-state index is 0.319. The predicted octanol–water partition coefficient (Wildman–Crippen LogP) is 3.69. The van der Waals surface area contributed by atoms with Crippen LogP contribution in [0.25, 0.3) is 0 Å². The molecule has 0 unspecified atom stereocenters. The van der Waals surface area contributed by atoms with E-state index in [0.717, 1.165) is 17.8 Å². The van der Waals surface area contributed by atoms with E-state index in [4.69, 9.17) is 0 Å². The molecule has 1 aliphatic carbocycles. The maximum Gasteiger partial charge on any atom is 0.337 e. The molecule has 0 aliphatic heterocycles. The average molecular weight is 247 g/mol. The van der Waals surface area contributed by atoms with E-state index in [2.05, 4.69) is 12.2 Å². The highest BCUT2D eigenvalue weighted by Crippen LogP contribution is 2.37. The Labute approximate surface area is 108 Å². The number of hydrogen-bond donors (Lipinski definition) is 2. The van der Waals surface area contributed by atoms with Gasteiger partial charge in [0.1, 0.15) is 0 Å². The third-order valence-corrected chi connectivity index (χ3v) is 3.92. The van der Waals surface area contributed by atoms with Gasteiger partial charge >= 0.3 is 5.97 Å². The summed E-state index contributed by atoms with van der Waals surface area (Å²) in [5.41, 5.74) is 2.51. The van der Waals surface area contributed by atoms with E-state index in [1.54, 1.807) is 6.07 Å². The summed E-state index contributed by atoms with van der Waals surface area (Å²) in [6, 6.07) is 5.44. The Morgan fingerprint density at radius 2 is 2.06 bits per heavy atom. The van der Waals surface area contributed by atoms with Crippen molar-refractivity contribution in [1.29, 1.82) is 0 Å². The number of benzene rings is 1. The first-order chi connectivity index (χ1) is 8.50. The van der Waals surface area contributed by atoms with Gasteiger partial charge in [-0.05, 0) is 42.9 Å². The minimum atomic E-state index is -0.867. The quantitative estimate of drug-likeness (QED) is 0.853. The van der Waals surface area contributed by atoms with Crippen LogP contribution in [-0.4, -0.2) is 17.6 Å². The molecule has 2 N–H and O–H groups in total. The monoisotopic (exact) mass is 247 g/mol. The number of anilines is 1. The number of rotatable bonds is 4. The Morgan fingerprint density at radius 1 is 1.39 bits per heavy atom. The van der Waals surface area contributed by atoms with E-state index in [-0.39, 0.29) is 0 Å². The summed E-state index contributed by atoms with van der Waals surface area (Å²) in [5, 5.41) is 12.5. The third kappa shape index (κ3) is 2.84. The molecule has 0 saturated heterocycles. The summed E-state index contributed by atoms with van der Waals surface area (Å²) in [6.45, 7) is 5.12. The van der Waals surface area contributed by atoms with Crippen LogP contribution in [0.15, 0.2) is 18.2 Å². The lowest BCUT2D eigenvalue weighted by Gasteiger charge is -2.25. The molecule has 18 heavy (non-hydrogen) atoms. The number of carboxylic acids is 1. The number of nitrogens with one attached hydrogen (secondary N) is 1. The van der Waals surface area contributed by atoms with Crippen molar-refractivity contribution in [2.24, 2.45) is 5.41 Å². The Bertz CT molecular complexity index is 448. The molecule has 1 aromatic carbocycles. The SMILES string of the molecule is Cc1ccc(C(=O)O)c(NCC2(C)CCCC2)c1. The van der Waals surface area contributed by atoms with Crippen molar-refractivity contribution in [3.8, 4) is 0 Å². The van der Waals surface area contributed by atoms with Crippen LogP contribution in [-0.2, 0) is 0 Å². The Kier molecular flexibility index (Phi) is 3.60. The van der Waals surface area contributed by atoms with Crippen LogP contribution in [0.1, 0.15) is 48.5 Å². The van der Waals surface area contributed by atoms with Crippen molar-refractivity contribution < 1.29 is 9.90 Å². The standard InChI is InChI=1S/C15H21NO2/c1-11-5-6-12(14(17)18)13(9-11)16-10-15(2)7-3-4-8-15/h5-6,9,16H,3-4,7-8,10H2,1-2H3,(H,17,18). The van der Waals surface area contributed by atoms with Crippen LogP contribution in [0.2, 0.25) is 0 Å². The predicted molar refractivity (Wildman–Crippen MR) is 73.2 cm³/mol. The lowest BCUT2D eigenvalue weighted by Crippen LogP contribution is -2.23. The molecule has 2 rings (SSSR count). The lowest BCUT2D eigenvalue weighted by molar-refractivity contribution is 0.0698. The zero-order chi connectivity index (χ0) is 13.2. The van der Waals surface area contributed by atoms with Crippen LogP contribution >= 0.6 is 0 Å². The minimum Gasteiger partial charge on any atom is -0.478 e. The number of aryl methyl sites for hydroxylation is 1. The first-order valence-corrected chi connectivity index (χ1v) is 6.58. The van der Waals surface area contributed by atoms with Crippen LogP contribution in [0, 0.1) is 12.3 Å². The van der Waals surface area contributed by atoms with Crippen molar-refractivity contribution >= 4 is 11.7 Å². The molecule has 0 bridgehead atoms. The van der Waals surface area contributed by atoms with Crippen molar-refractivity contribution in [3.05, 3.63) is 29.3 Å². The molecule has 1 saturated carbocycles. The Hall–Kier alpha value is -1.51. The summed E-state index contributed by atoms with van der Waals surface area (Å²) in [7, 11) is 0. The Balaban J connectivity index is 2.12. The second kappa shape index (κ2) is 5.01. The number of hydrogen-bond acceptors (Lipinski definition) is 2. The van der Waals surface area contributed by atoms with Gasteiger partial charge in [-0.1, -0.05) is 25.8 Å². The molecule has 3 nitrogen and oxygen atoms in total. The molecule has 98 valence electrons. The van der Waals surface area contributed by atoms with E-state index in [0.29, 0.717) is 11.0 Å². The molecule has 0 heterocycles. The second-order valence-corrected chi connectivity index (χ2v) is 5.73. The van der Waals surface area contributed by atoms with Gasteiger partial charge in [-0.2, -0.15) is 0 Å². The summed E-state index contributed by atoms with van der Waals surface area (Å²) in [6.07, 6.45) is 5.04. The van der Waals surface area contributed by atoms with E-state index in [9.17, 15) is 9.90 Å². The van der Waals surface area contributed by atoms with Gasteiger partial charge < -0.3 is 10.4 Å². The van der Waals surface area contributed by atoms with Crippen molar-refractivity contribution in [3.63, 3.8) is 0 Å². The van der Waals surface area contributed by atoms with E-state index >= 15 is 0 Å². The highest BCUT2D eigenvalue weighted by Gasteiger charge is 2.28. The summed E-state index contributed by atoms with van der Waals surface area (Å²) in [5.74, 6) is -0.867. The van der Waals surface area contributed by atoms with Gasteiger partial charge in [-0.3, -0.25) is 0 Å².